The van der Waals surface area contributed by atoms with Crippen LogP contribution in [0.4, 0.5) is 10.5 Å². The number of nitrogens with two attached hydrogens (primary N) is 1. The summed E-state index contributed by atoms with van der Waals surface area (Å²) >= 11 is 5.82. The first kappa shape index (κ1) is 13.0. The Kier molecular flexibility index (Phi) is 3.91. The fraction of sp³-hybridized carbons (Fsp3) is 0.500. The second kappa shape index (κ2) is 5.44. The molecular formula is C12H17ClN4O. The van der Waals surface area contributed by atoms with Crippen LogP contribution in [0, 0.1) is 6.92 Å². The number of pyridine rings is 1. The van der Waals surface area contributed by atoms with Gasteiger partial charge in [0.05, 0.1) is 11.4 Å². The zero-order valence-corrected chi connectivity index (χ0v) is 11.1. The number of amides is 2. The smallest absolute Gasteiger partial charge is 0.314 e. The van der Waals surface area contributed by atoms with E-state index in [1.165, 1.54) is 0 Å². The third-order valence-corrected chi connectivity index (χ3v) is 3.43. The number of hydrogen-bond donors (Lipinski definition) is 2. The van der Waals surface area contributed by atoms with Gasteiger partial charge in [0.15, 0.2) is 0 Å². The normalized spacial score (nSPS) is 16.7. The maximum Gasteiger partial charge on any atom is 0.314 e. The van der Waals surface area contributed by atoms with Crippen molar-refractivity contribution in [2.45, 2.75) is 25.8 Å². The van der Waals surface area contributed by atoms with Gasteiger partial charge < -0.3 is 16.0 Å². The summed E-state index contributed by atoms with van der Waals surface area (Å²) in [4.78, 5) is 16.9. The van der Waals surface area contributed by atoms with E-state index in [2.05, 4.69) is 10.3 Å². The molecule has 0 aromatic carbocycles. The Morgan fingerprint density at radius 2 is 2.17 bits per heavy atom. The van der Waals surface area contributed by atoms with E-state index in [0.29, 0.717) is 24.3 Å². The number of hydrogen-bond acceptors (Lipinski definition) is 3. The molecule has 1 aromatic rings. The number of aryl methyl sites for hydroxylation is 1. The lowest BCUT2D eigenvalue weighted by atomic mass is 10.0. The summed E-state index contributed by atoms with van der Waals surface area (Å²) in [5, 5.41) is 3.94. The zero-order chi connectivity index (χ0) is 13.1. The number of piperidine rings is 1. The van der Waals surface area contributed by atoms with Gasteiger partial charge in [-0.05, 0) is 31.9 Å². The van der Waals surface area contributed by atoms with Crippen molar-refractivity contribution in [3.05, 3.63) is 23.0 Å². The molecule has 0 unspecified atom stereocenters. The lowest BCUT2D eigenvalue weighted by molar-refractivity contribution is 0.193. The number of carbonyl (C=O) groups is 1. The summed E-state index contributed by atoms with van der Waals surface area (Å²) < 4.78 is 0. The quantitative estimate of drug-likeness (QED) is 0.806. The lowest BCUT2D eigenvalue weighted by Gasteiger charge is -2.31. The minimum atomic E-state index is -0.335. The van der Waals surface area contributed by atoms with Crippen molar-refractivity contribution < 1.29 is 4.79 Å². The standard InChI is InChI=1S/C12H17ClN4O/c1-8-10(2-3-11(13)15-8)16-9-4-6-17(7-5-9)12(14)18/h2-3,9,16H,4-7H2,1H3,(H2,14,18). The molecule has 5 nitrogen and oxygen atoms in total. The Hall–Kier alpha value is -1.49. The van der Waals surface area contributed by atoms with E-state index >= 15 is 0 Å². The fourth-order valence-corrected chi connectivity index (χ4v) is 2.34. The third kappa shape index (κ3) is 3.04. The van der Waals surface area contributed by atoms with Crippen LogP contribution in [0.25, 0.3) is 0 Å². The highest BCUT2D eigenvalue weighted by Gasteiger charge is 2.21. The molecule has 98 valence electrons. The van der Waals surface area contributed by atoms with Gasteiger partial charge in [0.1, 0.15) is 5.15 Å². The maximum absolute atomic E-state index is 11.0. The Bertz CT molecular complexity index is 444. The van der Waals surface area contributed by atoms with Crippen LogP contribution in [0.15, 0.2) is 12.1 Å². The van der Waals surface area contributed by atoms with Gasteiger partial charge in [-0.15, -0.1) is 0 Å². The Morgan fingerprint density at radius 1 is 1.50 bits per heavy atom. The molecule has 1 saturated heterocycles. The molecule has 1 aliphatic heterocycles. The van der Waals surface area contributed by atoms with Gasteiger partial charge in [0, 0.05) is 19.1 Å². The van der Waals surface area contributed by atoms with E-state index in [9.17, 15) is 4.79 Å². The van der Waals surface area contributed by atoms with Gasteiger partial charge in [-0.25, -0.2) is 9.78 Å². The SMILES string of the molecule is Cc1nc(Cl)ccc1NC1CCN(C(N)=O)CC1. The van der Waals surface area contributed by atoms with Crippen LogP contribution in [-0.4, -0.2) is 35.0 Å². The molecule has 0 aliphatic carbocycles. The summed E-state index contributed by atoms with van der Waals surface area (Å²) in [5.41, 5.74) is 7.13. The second-order valence-corrected chi connectivity index (χ2v) is 4.90. The first-order valence-electron chi connectivity index (χ1n) is 6.00. The molecule has 0 spiro atoms. The number of nitrogens with one attached hydrogen (secondary N) is 1. The molecule has 1 aromatic heterocycles. The van der Waals surface area contributed by atoms with Crippen molar-refractivity contribution in [1.82, 2.24) is 9.88 Å². The molecule has 0 saturated carbocycles. The van der Waals surface area contributed by atoms with Crippen LogP contribution in [0.3, 0.4) is 0 Å². The molecular weight excluding hydrogens is 252 g/mol. The molecule has 0 atom stereocenters. The molecule has 6 heteroatoms. The molecule has 18 heavy (non-hydrogen) atoms. The zero-order valence-electron chi connectivity index (χ0n) is 10.3. The summed E-state index contributed by atoms with van der Waals surface area (Å²) in [7, 11) is 0. The molecule has 1 fully saturated rings. The first-order chi connectivity index (χ1) is 8.56. The van der Waals surface area contributed by atoms with Crippen molar-refractivity contribution in [2.24, 2.45) is 5.73 Å². The number of aromatic nitrogens is 1. The van der Waals surface area contributed by atoms with Crippen molar-refractivity contribution in [2.75, 3.05) is 18.4 Å². The molecule has 0 radical (unpaired) electrons. The van der Waals surface area contributed by atoms with Gasteiger partial charge in [-0.3, -0.25) is 0 Å². The highest BCUT2D eigenvalue weighted by Crippen LogP contribution is 2.20. The average molecular weight is 269 g/mol. The van der Waals surface area contributed by atoms with E-state index in [-0.39, 0.29) is 6.03 Å². The summed E-state index contributed by atoms with van der Waals surface area (Å²) in [6.07, 6.45) is 1.79. The molecule has 0 bridgehead atoms. The van der Waals surface area contributed by atoms with E-state index in [4.69, 9.17) is 17.3 Å². The number of carbonyl (C=O) groups excluding carboxylic acids is 1. The van der Waals surface area contributed by atoms with Crippen LogP contribution < -0.4 is 11.1 Å². The van der Waals surface area contributed by atoms with Gasteiger partial charge in [-0.2, -0.15) is 0 Å². The van der Waals surface area contributed by atoms with Crippen LogP contribution in [0.5, 0.6) is 0 Å². The lowest BCUT2D eigenvalue weighted by Crippen LogP contribution is -2.44. The van der Waals surface area contributed by atoms with Crippen LogP contribution >= 0.6 is 11.6 Å². The van der Waals surface area contributed by atoms with Crippen molar-refractivity contribution in [3.63, 3.8) is 0 Å². The predicted octanol–water partition coefficient (Wildman–Crippen LogP) is 2.00. The minimum Gasteiger partial charge on any atom is -0.381 e. The summed E-state index contributed by atoms with van der Waals surface area (Å²) in [6.45, 7) is 3.33. The van der Waals surface area contributed by atoms with Crippen LogP contribution in [0.1, 0.15) is 18.5 Å². The monoisotopic (exact) mass is 268 g/mol. The highest BCUT2D eigenvalue weighted by molar-refractivity contribution is 6.29. The number of nitrogens with zero attached hydrogens (tertiary/aromatic N) is 2. The minimum absolute atomic E-state index is 0.335. The summed E-state index contributed by atoms with van der Waals surface area (Å²) in [6, 6.07) is 3.72. The topological polar surface area (TPSA) is 71.2 Å². The fourth-order valence-electron chi connectivity index (χ4n) is 2.15. The van der Waals surface area contributed by atoms with Gasteiger partial charge in [-0.1, -0.05) is 11.6 Å². The first-order valence-corrected chi connectivity index (χ1v) is 6.38. The number of rotatable bonds is 2. The number of primary amides is 1. The third-order valence-electron chi connectivity index (χ3n) is 3.22. The number of likely N-dealkylation sites (tertiary alicyclic amines) is 1. The van der Waals surface area contributed by atoms with Gasteiger partial charge >= 0.3 is 6.03 Å². The molecule has 3 N–H and O–H groups in total. The molecule has 1 aliphatic rings. The molecule has 2 heterocycles. The Labute approximate surface area is 111 Å². The largest absolute Gasteiger partial charge is 0.381 e. The number of urea groups is 1. The Morgan fingerprint density at radius 3 is 2.72 bits per heavy atom. The highest BCUT2D eigenvalue weighted by atomic mass is 35.5. The van der Waals surface area contributed by atoms with E-state index in [0.717, 1.165) is 24.2 Å². The van der Waals surface area contributed by atoms with Crippen LogP contribution in [-0.2, 0) is 0 Å². The van der Waals surface area contributed by atoms with Gasteiger partial charge in [0.25, 0.3) is 0 Å². The maximum atomic E-state index is 11.0. The van der Waals surface area contributed by atoms with E-state index in [1.807, 2.05) is 13.0 Å². The number of anilines is 1. The number of halogens is 1. The molecule has 2 amide bonds. The van der Waals surface area contributed by atoms with Crippen molar-refractivity contribution in [3.8, 4) is 0 Å². The van der Waals surface area contributed by atoms with Crippen LogP contribution in [0.2, 0.25) is 5.15 Å². The summed E-state index contributed by atoms with van der Waals surface area (Å²) in [5.74, 6) is 0. The average Bonchev–Trinajstić information content (AvgIpc) is 2.33. The van der Waals surface area contributed by atoms with E-state index < -0.39 is 0 Å². The van der Waals surface area contributed by atoms with Crippen molar-refractivity contribution in [1.29, 1.82) is 0 Å². The van der Waals surface area contributed by atoms with E-state index in [1.54, 1.807) is 11.0 Å². The molecule has 2 rings (SSSR count). The van der Waals surface area contributed by atoms with Gasteiger partial charge in [0.2, 0.25) is 0 Å². The predicted molar refractivity (Wildman–Crippen MR) is 71.8 cm³/mol. The second-order valence-electron chi connectivity index (χ2n) is 4.51. The van der Waals surface area contributed by atoms with Crippen molar-refractivity contribution >= 4 is 23.3 Å². The Balaban J connectivity index is 1.93.